The van der Waals surface area contributed by atoms with Crippen LogP contribution in [0.1, 0.15) is 29.7 Å². The minimum absolute atomic E-state index is 0.0245. The van der Waals surface area contributed by atoms with Gasteiger partial charge in [-0.2, -0.15) is 8.78 Å². The Hall–Kier alpha value is -2.34. The van der Waals surface area contributed by atoms with Crippen molar-refractivity contribution in [2.24, 2.45) is 0 Å². The second-order valence-corrected chi connectivity index (χ2v) is 5.71. The van der Waals surface area contributed by atoms with Crippen LogP contribution in [0.4, 0.5) is 8.78 Å². The van der Waals surface area contributed by atoms with Gasteiger partial charge in [0, 0.05) is 18.2 Å². The van der Waals surface area contributed by atoms with Crippen molar-refractivity contribution in [1.82, 2.24) is 5.32 Å². The van der Waals surface area contributed by atoms with E-state index < -0.39 is 6.61 Å². The topological polar surface area (TPSA) is 39.7 Å². The number of rotatable bonds is 8. The molecule has 0 saturated carbocycles. The van der Waals surface area contributed by atoms with Crippen molar-refractivity contribution >= 4 is 0 Å². The molecule has 0 saturated heterocycles. The van der Waals surface area contributed by atoms with Gasteiger partial charge in [0.2, 0.25) is 0 Å². The number of aryl methyl sites for hydroxylation is 1. The van der Waals surface area contributed by atoms with Crippen LogP contribution in [0.5, 0.6) is 17.2 Å². The molecule has 1 atom stereocenters. The molecule has 1 unspecified atom stereocenters. The van der Waals surface area contributed by atoms with Gasteiger partial charge in [-0.05, 0) is 37.6 Å². The second kappa shape index (κ2) is 8.67. The molecule has 0 radical (unpaired) electrons. The van der Waals surface area contributed by atoms with E-state index in [1.165, 1.54) is 7.11 Å². The van der Waals surface area contributed by atoms with Crippen molar-refractivity contribution in [3.05, 3.63) is 53.1 Å². The molecule has 0 spiro atoms. The number of ether oxygens (including phenoxy) is 3. The molecule has 0 amide bonds. The Balaban J connectivity index is 2.11. The van der Waals surface area contributed by atoms with Crippen LogP contribution < -0.4 is 19.5 Å². The average Bonchev–Trinajstić information content (AvgIpc) is 2.59. The summed E-state index contributed by atoms with van der Waals surface area (Å²) in [5.74, 6) is 1.11. The monoisotopic (exact) mass is 351 g/mol. The van der Waals surface area contributed by atoms with Gasteiger partial charge in [-0.1, -0.05) is 23.8 Å². The molecular weight excluding hydrogens is 328 g/mol. The predicted molar refractivity (Wildman–Crippen MR) is 92.6 cm³/mol. The summed E-state index contributed by atoms with van der Waals surface area (Å²) in [6.07, 6.45) is 0. The van der Waals surface area contributed by atoms with Gasteiger partial charge in [-0.3, -0.25) is 0 Å². The van der Waals surface area contributed by atoms with Crippen molar-refractivity contribution in [1.29, 1.82) is 0 Å². The Morgan fingerprint density at radius 2 is 1.64 bits per heavy atom. The van der Waals surface area contributed by atoms with Crippen LogP contribution in [-0.4, -0.2) is 20.8 Å². The fraction of sp³-hybridized carbons (Fsp3) is 0.368. The average molecular weight is 351 g/mol. The van der Waals surface area contributed by atoms with Crippen LogP contribution in [0, 0.1) is 6.92 Å². The quantitative estimate of drug-likeness (QED) is 0.762. The SMILES string of the molecule is COc1ccc(CNC(C)c2cc(C)ccc2OC)cc1OC(F)F. The molecule has 0 aliphatic heterocycles. The molecule has 6 heteroatoms. The molecule has 0 aromatic heterocycles. The number of benzene rings is 2. The molecule has 136 valence electrons. The maximum Gasteiger partial charge on any atom is 0.387 e. The summed E-state index contributed by atoms with van der Waals surface area (Å²) in [6, 6.07) is 11.0. The molecule has 1 N–H and O–H groups in total. The Morgan fingerprint density at radius 3 is 2.28 bits per heavy atom. The fourth-order valence-corrected chi connectivity index (χ4v) is 2.59. The standard InChI is InChI=1S/C19H23F2NO3/c1-12-5-7-16(23-3)15(9-12)13(2)22-11-14-6-8-17(24-4)18(10-14)25-19(20)21/h5-10,13,19,22H,11H2,1-4H3. The zero-order valence-corrected chi connectivity index (χ0v) is 14.8. The summed E-state index contributed by atoms with van der Waals surface area (Å²) < 4.78 is 40.0. The van der Waals surface area contributed by atoms with E-state index in [-0.39, 0.29) is 17.5 Å². The Labute approximate surface area is 146 Å². The van der Waals surface area contributed by atoms with Crippen LogP contribution in [0.2, 0.25) is 0 Å². The van der Waals surface area contributed by atoms with Crippen LogP contribution in [-0.2, 0) is 6.54 Å². The van der Waals surface area contributed by atoms with Crippen molar-refractivity contribution in [2.75, 3.05) is 14.2 Å². The third kappa shape index (κ3) is 5.06. The molecule has 4 nitrogen and oxygen atoms in total. The van der Waals surface area contributed by atoms with E-state index in [9.17, 15) is 8.78 Å². The lowest BCUT2D eigenvalue weighted by molar-refractivity contribution is -0.0512. The van der Waals surface area contributed by atoms with Gasteiger partial charge >= 0.3 is 6.61 Å². The van der Waals surface area contributed by atoms with E-state index >= 15 is 0 Å². The van der Waals surface area contributed by atoms with E-state index in [4.69, 9.17) is 9.47 Å². The van der Waals surface area contributed by atoms with Crippen LogP contribution in [0.3, 0.4) is 0 Å². The summed E-state index contributed by atoms with van der Waals surface area (Å²) in [4.78, 5) is 0. The van der Waals surface area contributed by atoms with Crippen molar-refractivity contribution in [3.8, 4) is 17.2 Å². The summed E-state index contributed by atoms with van der Waals surface area (Å²) in [5, 5.41) is 3.37. The Kier molecular flexibility index (Phi) is 6.58. The van der Waals surface area contributed by atoms with Gasteiger partial charge in [0.1, 0.15) is 5.75 Å². The first-order valence-electron chi connectivity index (χ1n) is 7.94. The van der Waals surface area contributed by atoms with Gasteiger partial charge in [0.05, 0.1) is 14.2 Å². The van der Waals surface area contributed by atoms with Gasteiger partial charge < -0.3 is 19.5 Å². The highest BCUT2D eigenvalue weighted by Gasteiger charge is 2.14. The molecule has 0 bridgehead atoms. The van der Waals surface area contributed by atoms with E-state index in [1.54, 1.807) is 19.2 Å². The highest BCUT2D eigenvalue weighted by Crippen LogP contribution is 2.30. The Bertz CT molecular complexity index is 707. The summed E-state index contributed by atoms with van der Waals surface area (Å²) in [7, 11) is 3.05. The molecule has 0 aliphatic carbocycles. The molecule has 0 aliphatic rings. The first-order valence-corrected chi connectivity index (χ1v) is 7.94. The first kappa shape index (κ1) is 19.0. The van der Waals surface area contributed by atoms with Crippen molar-refractivity contribution in [3.63, 3.8) is 0 Å². The summed E-state index contributed by atoms with van der Waals surface area (Å²) >= 11 is 0. The molecule has 2 aromatic rings. The van der Waals surface area contributed by atoms with Gasteiger partial charge in [-0.15, -0.1) is 0 Å². The smallest absolute Gasteiger partial charge is 0.387 e. The summed E-state index contributed by atoms with van der Waals surface area (Å²) in [6.45, 7) is 1.64. The predicted octanol–water partition coefficient (Wildman–Crippen LogP) is 4.46. The van der Waals surface area contributed by atoms with E-state index in [2.05, 4.69) is 16.1 Å². The maximum atomic E-state index is 12.5. The zero-order chi connectivity index (χ0) is 18.4. The Morgan fingerprint density at radius 1 is 0.960 bits per heavy atom. The van der Waals surface area contributed by atoms with Crippen molar-refractivity contribution in [2.45, 2.75) is 33.0 Å². The molecule has 2 aromatic carbocycles. The molecule has 0 fully saturated rings. The van der Waals surface area contributed by atoms with E-state index in [1.807, 2.05) is 32.0 Å². The van der Waals surface area contributed by atoms with Gasteiger partial charge in [-0.25, -0.2) is 0 Å². The van der Waals surface area contributed by atoms with Gasteiger partial charge in [0.15, 0.2) is 11.5 Å². The number of nitrogens with one attached hydrogen (secondary N) is 1. The minimum atomic E-state index is -2.90. The maximum absolute atomic E-state index is 12.5. The van der Waals surface area contributed by atoms with Crippen LogP contribution >= 0.6 is 0 Å². The molecular formula is C19H23F2NO3. The molecule has 25 heavy (non-hydrogen) atoms. The third-order valence-electron chi connectivity index (χ3n) is 3.91. The normalized spacial score (nSPS) is 12.1. The van der Waals surface area contributed by atoms with E-state index in [0.29, 0.717) is 6.54 Å². The van der Waals surface area contributed by atoms with Crippen molar-refractivity contribution < 1.29 is 23.0 Å². The highest BCUT2D eigenvalue weighted by molar-refractivity contribution is 5.43. The van der Waals surface area contributed by atoms with E-state index in [0.717, 1.165) is 22.4 Å². The number of hydrogen-bond donors (Lipinski definition) is 1. The largest absolute Gasteiger partial charge is 0.496 e. The summed E-state index contributed by atoms with van der Waals surface area (Å²) in [5.41, 5.74) is 3.00. The number of alkyl halides is 2. The van der Waals surface area contributed by atoms with Gasteiger partial charge in [0.25, 0.3) is 0 Å². The number of hydrogen-bond acceptors (Lipinski definition) is 4. The minimum Gasteiger partial charge on any atom is -0.496 e. The van der Waals surface area contributed by atoms with Crippen LogP contribution in [0.15, 0.2) is 36.4 Å². The zero-order valence-electron chi connectivity index (χ0n) is 14.8. The fourth-order valence-electron chi connectivity index (χ4n) is 2.59. The third-order valence-corrected chi connectivity index (χ3v) is 3.91. The number of halogens is 2. The number of methoxy groups -OCH3 is 2. The van der Waals surface area contributed by atoms with Crippen LogP contribution in [0.25, 0.3) is 0 Å². The highest BCUT2D eigenvalue weighted by atomic mass is 19.3. The second-order valence-electron chi connectivity index (χ2n) is 5.71. The molecule has 2 rings (SSSR count). The first-order chi connectivity index (χ1) is 11.9. The lowest BCUT2D eigenvalue weighted by Crippen LogP contribution is -2.19. The molecule has 0 heterocycles. The lowest BCUT2D eigenvalue weighted by Gasteiger charge is -2.18. The lowest BCUT2D eigenvalue weighted by atomic mass is 10.0.